The van der Waals surface area contributed by atoms with Gasteiger partial charge in [-0.15, -0.1) is 12.0 Å². The molecule has 9 nitrogen and oxygen atoms in total. The Labute approximate surface area is 262 Å². The van der Waals surface area contributed by atoms with Gasteiger partial charge in [-0.05, 0) is 56.2 Å². The van der Waals surface area contributed by atoms with E-state index in [1.807, 2.05) is 28.2 Å². The van der Waals surface area contributed by atoms with Crippen molar-refractivity contribution in [2.45, 2.75) is 65.0 Å². The summed E-state index contributed by atoms with van der Waals surface area (Å²) in [6, 6.07) is 6.38. The fourth-order valence-corrected chi connectivity index (χ4v) is 6.20. The second-order valence-electron chi connectivity index (χ2n) is 13.1. The number of halogens is 2. The number of aryl methyl sites for hydroxylation is 1. The predicted molar refractivity (Wildman–Crippen MR) is 172 cm³/mol. The van der Waals surface area contributed by atoms with Crippen LogP contribution in [-0.2, 0) is 4.79 Å². The number of hydrogen-bond donors (Lipinski definition) is 4. The standard InChI is InChI=1S/C33H38ClFN8O/c1-6-21-17-36-29-24(28(21)37-19-32(3,4)5)15-22(16-25(29)34)39-30(23-9-10-27(35)38-20(23)2)26-18-43(41-40-26)33(11-12-33)31(44)42-13-7-8-14-42/h1,9-10,15-18,30,39-41H,7-8,11-14,19H2,2-5H3,(H,36,37)/t30-/m0/s1. The van der Waals surface area contributed by atoms with Crippen molar-refractivity contribution < 1.29 is 9.18 Å². The van der Waals surface area contributed by atoms with Crippen LogP contribution in [0.2, 0.25) is 5.02 Å². The smallest absolute Gasteiger partial charge is 0.250 e. The molecule has 1 aromatic carbocycles. The summed E-state index contributed by atoms with van der Waals surface area (Å²) in [6.07, 6.45) is 13.1. The van der Waals surface area contributed by atoms with Crippen molar-refractivity contribution in [2.24, 2.45) is 5.41 Å². The minimum atomic E-state index is -0.614. The molecule has 230 valence electrons. The fourth-order valence-electron chi connectivity index (χ4n) is 5.93. The van der Waals surface area contributed by atoms with Crippen LogP contribution < -0.4 is 21.6 Å². The van der Waals surface area contributed by atoms with Gasteiger partial charge in [0, 0.05) is 54.4 Å². The van der Waals surface area contributed by atoms with Gasteiger partial charge in [-0.3, -0.25) is 14.8 Å². The second-order valence-corrected chi connectivity index (χ2v) is 13.5. The van der Waals surface area contributed by atoms with Crippen LogP contribution in [0.1, 0.15) is 69.3 Å². The Balaban J connectivity index is 1.38. The highest BCUT2D eigenvalue weighted by molar-refractivity contribution is 6.35. The second kappa shape index (κ2) is 11.5. The third kappa shape index (κ3) is 5.74. The first-order chi connectivity index (χ1) is 21.0. The number of hydrogen-bond acceptors (Lipinski definition) is 8. The Morgan fingerprint density at radius 1 is 1.25 bits per heavy atom. The highest BCUT2D eigenvalue weighted by atomic mass is 35.5. The van der Waals surface area contributed by atoms with Crippen LogP contribution in [0.4, 0.5) is 15.8 Å². The van der Waals surface area contributed by atoms with Gasteiger partial charge in [-0.25, -0.2) is 4.98 Å². The number of nitrogens with zero attached hydrogens (tertiary/aromatic N) is 4. The number of anilines is 2. The molecular weight excluding hydrogens is 579 g/mol. The average Bonchev–Trinajstić information content (AvgIpc) is 3.35. The topological polar surface area (TPSA) is 97.5 Å². The molecule has 1 amide bonds. The Bertz CT molecular complexity index is 1680. The number of rotatable bonds is 8. The maximum Gasteiger partial charge on any atom is 0.250 e. The molecule has 11 heteroatoms. The van der Waals surface area contributed by atoms with Crippen LogP contribution in [0.3, 0.4) is 0 Å². The van der Waals surface area contributed by atoms with Gasteiger partial charge in [-0.1, -0.05) is 44.4 Å². The van der Waals surface area contributed by atoms with Crippen LogP contribution in [-0.4, -0.2) is 51.0 Å². The van der Waals surface area contributed by atoms with E-state index in [-0.39, 0.29) is 11.3 Å². The number of carbonyl (C=O) groups is 1. The number of nitrogens with one attached hydrogen (secondary N) is 4. The maximum absolute atomic E-state index is 14.1. The van der Waals surface area contributed by atoms with Gasteiger partial charge in [0.05, 0.1) is 33.5 Å². The molecule has 1 saturated heterocycles. The number of terminal acetylenes is 1. The third-order valence-corrected chi connectivity index (χ3v) is 8.75. The lowest BCUT2D eigenvalue weighted by Crippen LogP contribution is -2.53. The van der Waals surface area contributed by atoms with Crippen molar-refractivity contribution >= 4 is 39.8 Å². The van der Waals surface area contributed by atoms with Crippen LogP contribution >= 0.6 is 11.6 Å². The number of carbonyl (C=O) groups excluding carboxylic acids is 1. The monoisotopic (exact) mass is 616 g/mol. The number of likely N-dealkylation sites (tertiary alicyclic amines) is 1. The molecule has 0 radical (unpaired) electrons. The molecule has 4 N–H and O–H groups in total. The van der Waals surface area contributed by atoms with E-state index < -0.39 is 17.5 Å². The predicted octanol–water partition coefficient (Wildman–Crippen LogP) is 5.64. The zero-order valence-corrected chi connectivity index (χ0v) is 26.3. The van der Waals surface area contributed by atoms with Crippen LogP contribution in [0.5, 0.6) is 0 Å². The highest BCUT2D eigenvalue weighted by Crippen LogP contribution is 2.45. The summed E-state index contributed by atoms with van der Waals surface area (Å²) in [5.41, 5.74) is 10.7. The number of aromatic nitrogens is 2. The van der Waals surface area contributed by atoms with Crippen molar-refractivity contribution in [2.75, 3.05) is 30.3 Å². The van der Waals surface area contributed by atoms with E-state index in [0.29, 0.717) is 34.0 Å². The normalized spacial score (nSPS) is 18.1. The van der Waals surface area contributed by atoms with Gasteiger partial charge >= 0.3 is 0 Å². The van der Waals surface area contributed by atoms with Gasteiger partial charge in [0.25, 0.3) is 0 Å². The van der Waals surface area contributed by atoms with E-state index >= 15 is 0 Å². The Hall–Kier alpha value is -4.07. The first-order valence-electron chi connectivity index (χ1n) is 15.0. The number of amides is 1. The highest BCUT2D eigenvalue weighted by Gasteiger charge is 2.57. The van der Waals surface area contributed by atoms with E-state index in [0.717, 1.165) is 61.1 Å². The van der Waals surface area contributed by atoms with Gasteiger partial charge in [0.2, 0.25) is 11.9 Å². The van der Waals surface area contributed by atoms with Crippen LogP contribution in [0.15, 0.2) is 42.4 Å². The molecule has 2 aliphatic heterocycles. The van der Waals surface area contributed by atoms with Gasteiger partial charge in [0.15, 0.2) is 0 Å². The summed E-state index contributed by atoms with van der Waals surface area (Å²) in [5.74, 6) is 2.34. The average molecular weight is 617 g/mol. The lowest BCUT2D eigenvalue weighted by Gasteiger charge is -2.29. The molecule has 1 saturated carbocycles. The van der Waals surface area contributed by atoms with Crippen molar-refractivity contribution in [1.29, 1.82) is 0 Å². The van der Waals surface area contributed by atoms with E-state index in [9.17, 15) is 9.18 Å². The van der Waals surface area contributed by atoms with E-state index in [1.165, 1.54) is 6.07 Å². The molecule has 0 spiro atoms. The van der Waals surface area contributed by atoms with Crippen LogP contribution in [0, 0.1) is 30.6 Å². The number of pyridine rings is 2. The van der Waals surface area contributed by atoms with Crippen molar-refractivity contribution in [1.82, 2.24) is 30.8 Å². The van der Waals surface area contributed by atoms with Crippen molar-refractivity contribution in [3.63, 3.8) is 0 Å². The molecule has 1 aliphatic carbocycles. The minimum absolute atomic E-state index is 0.00783. The molecular formula is C33H38ClFN8O. The molecule has 4 heterocycles. The molecule has 2 fully saturated rings. The Kier molecular flexibility index (Phi) is 7.80. The minimum Gasteiger partial charge on any atom is -0.383 e. The van der Waals surface area contributed by atoms with E-state index in [4.69, 9.17) is 18.0 Å². The first-order valence-corrected chi connectivity index (χ1v) is 15.4. The Morgan fingerprint density at radius 3 is 2.66 bits per heavy atom. The molecule has 3 aromatic rings. The van der Waals surface area contributed by atoms with E-state index in [1.54, 1.807) is 19.2 Å². The summed E-state index contributed by atoms with van der Waals surface area (Å²) >= 11 is 6.81. The molecule has 1 atom stereocenters. The van der Waals surface area contributed by atoms with E-state index in [2.05, 4.69) is 58.3 Å². The summed E-state index contributed by atoms with van der Waals surface area (Å²) in [5, 5.41) is 10.2. The third-order valence-electron chi connectivity index (χ3n) is 8.47. The lowest BCUT2D eigenvalue weighted by atomic mass is 9.96. The largest absolute Gasteiger partial charge is 0.383 e. The Morgan fingerprint density at radius 2 is 2.00 bits per heavy atom. The lowest BCUT2D eigenvalue weighted by molar-refractivity contribution is -0.137. The molecule has 0 unspecified atom stereocenters. The summed E-state index contributed by atoms with van der Waals surface area (Å²) in [6.45, 7) is 10.5. The fraction of sp³-hybridized carbons (Fsp3) is 0.424. The van der Waals surface area contributed by atoms with Crippen LogP contribution in [0.25, 0.3) is 10.9 Å². The zero-order chi connectivity index (χ0) is 31.2. The zero-order valence-electron chi connectivity index (χ0n) is 25.5. The van der Waals surface area contributed by atoms with Gasteiger partial charge in [0.1, 0.15) is 5.54 Å². The maximum atomic E-state index is 14.1. The molecule has 3 aliphatic rings. The number of fused-ring (bicyclic) bond motifs is 1. The molecule has 0 bridgehead atoms. The SMILES string of the molecule is C#Cc1cnc2c(Cl)cc(N[C@H](C3=CN(C4(C(=O)N5CCCC5)CC4)NN3)c3ccc(F)nc3C)cc2c1NCC(C)(C)C. The first kappa shape index (κ1) is 30.0. The quantitative estimate of drug-likeness (QED) is 0.191. The summed E-state index contributed by atoms with van der Waals surface area (Å²) < 4.78 is 14.1. The molecule has 6 rings (SSSR count). The number of benzene rings is 1. The molecule has 44 heavy (non-hydrogen) atoms. The van der Waals surface area contributed by atoms with Crippen molar-refractivity contribution in [3.8, 4) is 12.3 Å². The van der Waals surface area contributed by atoms with Gasteiger partial charge < -0.3 is 21.0 Å². The van der Waals surface area contributed by atoms with Crippen molar-refractivity contribution in [3.05, 3.63) is 70.2 Å². The number of hydrazine groups is 2. The summed E-state index contributed by atoms with van der Waals surface area (Å²) in [7, 11) is 0. The van der Waals surface area contributed by atoms with Gasteiger partial charge in [-0.2, -0.15) is 4.39 Å². The summed E-state index contributed by atoms with van der Waals surface area (Å²) in [4.78, 5) is 24.1. The molecule has 2 aromatic heterocycles.